The zero-order chi connectivity index (χ0) is 14.4. The lowest BCUT2D eigenvalue weighted by atomic mass is 10.1. The largest absolute Gasteiger partial charge is 0.366 e. The molecule has 0 aliphatic rings. The van der Waals surface area contributed by atoms with Crippen LogP contribution in [0.25, 0.3) is 0 Å². The van der Waals surface area contributed by atoms with Crippen molar-refractivity contribution in [2.24, 2.45) is 5.73 Å². The number of nitrogens with two attached hydrogens (primary N) is 1. The number of hydrogen-bond donors (Lipinski definition) is 2. The van der Waals surface area contributed by atoms with Crippen molar-refractivity contribution in [1.82, 2.24) is 14.9 Å². The maximum Gasteiger partial charge on any atom is 0.248 e. The molecular formula is C14H16N4O2. The molecule has 6 nitrogen and oxygen atoms in total. The van der Waals surface area contributed by atoms with Crippen molar-refractivity contribution >= 4 is 11.8 Å². The van der Waals surface area contributed by atoms with Gasteiger partial charge >= 0.3 is 0 Å². The van der Waals surface area contributed by atoms with E-state index in [4.69, 9.17) is 5.73 Å². The first-order valence-electron chi connectivity index (χ1n) is 6.26. The fourth-order valence-electron chi connectivity index (χ4n) is 1.77. The third kappa shape index (κ3) is 3.94. The molecule has 0 unspecified atom stereocenters. The minimum Gasteiger partial charge on any atom is -0.366 e. The van der Waals surface area contributed by atoms with E-state index >= 15 is 0 Å². The molecule has 2 amide bonds. The summed E-state index contributed by atoms with van der Waals surface area (Å²) in [5.41, 5.74) is 6.49. The summed E-state index contributed by atoms with van der Waals surface area (Å²) in [4.78, 5) is 26.7. The Morgan fingerprint density at radius 2 is 2.20 bits per heavy atom. The zero-order valence-corrected chi connectivity index (χ0v) is 11.0. The van der Waals surface area contributed by atoms with Crippen LogP contribution >= 0.6 is 0 Å². The van der Waals surface area contributed by atoms with Crippen LogP contribution in [0.4, 0.5) is 0 Å². The Balaban J connectivity index is 1.81. The lowest BCUT2D eigenvalue weighted by molar-refractivity contribution is -0.121. The SMILES string of the molecule is NC(=O)c1cccc(CNC(=O)CCn2ccnc2)c1. The number of hydrogen-bond acceptors (Lipinski definition) is 3. The summed E-state index contributed by atoms with van der Waals surface area (Å²) in [6, 6.07) is 6.90. The van der Waals surface area contributed by atoms with Gasteiger partial charge in [0, 0.05) is 37.5 Å². The van der Waals surface area contributed by atoms with Crippen molar-refractivity contribution in [2.45, 2.75) is 19.5 Å². The predicted molar refractivity (Wildman–Crippen MR) is 73.7 cm³/mol. The van der Waals surface area contributed by atoms with Crippen molar-refractivity contribution < 1.29 is 9.59 Å². The first kappa shape index (κ1) is 13.8. The molecule has 0 fully saturated rings. The molecule has 0 atom stereocenters. The van der Waals surface area contributed by atoms with Gasteiger partial charge in [-0.15, -0.1) is 0 Å². The van der Waals surface area contributed by atoms with Gasteiger partial charge in [0.1, 0.15) is 0 Å². The van der Waals surface area contributed by atoms with Gasteiger partial charge in [0.2, 0.25) is 11.8 Å². The lowest BCUT2D eigenvalue weighted by Crippen LogP contribution is -2.24. The van der Waals surface area contributed by atoms with E-state index in [-0.39, 0.29) is 5.91 Å². The van der Waals surface area contributed by atoms with Gasteiger partial charge in [-0.3, -0.25) is 9.59 Å². The number of nitrogens with one attached hydrogen (secondary N) is 1. The number of aryl methyl sites for hydroxylation is 1. The predicted octanol–water partition coefficient (Wildman–Crippen LogP) is 0.688. The maximum atomic E-state index is 11.7. The molecule has 0 bridgehead atoms. The van der Waals surface area contributed by atoms with Crippen molar-refractivity contribution in [1.29, 1.82) is 0 Å². The zero-order valence-electron chi connectivity index (χ0n) is 11.0. The third-order valence-electron chi connectivity index (χ3n) is 2.86. The van der Waals surface area contributed by atoms with Crippen LogP contribution in [0.15, 0.2) is 43.0 Å². The summed E-state index contributed by atoms with van der Waals surface area (Å²) in [5, 5.41) is 2.80. The first-order chi connectivity index (χ1) is 9.65. The number of aromatic nitrogens is 2. The minimum absolute atomic E-state index is 0.0526. The van der Waals surface area contributed by atoms with E-state index in [0.29, 0.717) is 25.1 Å². The summed E-state index contributed by atoms with van der Waals surface area (Å²) < 4.78 is 1.84. The fraction of sp³-hybridized carbons (Fsp3) is 0.214. The smallest absolute Gasteiger partial charge is 0.248 e. The fourth-order valence-corrected chi connectivity index (χ4v) is 1.77. The maximum absolute atomic E-state index is 11.7. The molecule has 1 aromatic carbocycles. The van der Waals surface area contributed by atoms with Crippen LogP contribution in [-0.2, 0) is 17.9 Å². The Bertz CT molecular complexity index is 593. The van der Waals surface area contributed by atoms with Gasteiger partial charge in [0.15, 0.2) is 0 Å². The molecule has 2 aromatic rings. The molecule has 0 radical (unpaired) electrons. The monoisotopic (exact) mass is 272 g/mol. The summed E-state index contributed by atoms with van der Waals surface area (Å²) in [6.07, 6.45) is 5.53. The Morgan fingerprint density at radius 1 is 1.35 bits per heavy atom. The van der Waals surface area contributed by atoms with E-state index < -0.39 is 5.91 Å². The van der Waals surface area contributed by atoms with E-state index in [1.807, 2.05) is 16.8 Å². The van der Waals surface area contributed by atoms with Crippen LogP contribution in [0, 0.1) is 0 Å². The van der Waals surface area contributed by atoms with Crippen molar-refractivity contribution in [3.05, 3.63) is 54.1 Å². The summed E-state index contributed by atoms with van der Waals surface area (Å²) in [7, 11) is 0. The summed E-state index contributed by atoms with van der Waals surface area (Å²) >= 11 is 0. The van der Waals surface area contributed by atoms with E-state index in [2.05, 4.69) is 10.3 Å². The molecule has 0 saturated heterocycles. The Kier molecular flexibility index (Phi) is 4.49. The second kappa shape index (κ2) is 6.51. The lowest BCUT2D eigenvalue weighted by Gasteiger charge is -2.06. The average Bonchev–Trinajstić information content (AvgIpc) is 2.96. The van der Waals surface area contributed by atoms with Crippen LogP contribution in [0.1, 0.15) is 22.3 Å². The molecule has 104 valence electrons. The minimum atomic E-state index is -0.474. The molecule has 6 heteroatoms. The normalized spacial score (nSPS) is 10.2. The van der Waals surface area contributed by atoms with Crippen molar-refractivity contribution in [2.75, 3.05) is 0 Å². The molecule has 1 heterocycles. The van der Waals surface area contributed by atoms with Crippen LogP contribution < -0.4 is 11.1 Å². The quantitative estimate of drug-likeness (QED) is 0.810. The number of carbonyl (C=O) groups is 2. The van der Waals surface area contributed by atoms with Gasteiger partial charge < -0.3 is 15.6 Å². The highest BCUT2D eigenvalue weighted by Crippen LogP contribution is 2.04. The van der Waals surface area contributed by atoms with Crippen molar-refractivity contribution in [3.63, 3.8) is 0 Å². The van der Waals surface area contributed by atoms with Gasteiger partial charge in [-0.2, -0.15) is 0 Å². The van der Waals surface area contributed by atoms with E-state index in [0.717, 1.165) is 5.56 Å². The number of amides is 2. The highest BCUT2D eigenvalue weighted by molar-refractivity contribution is 5.92. The number of imidazole rings is 1. The average molecular weight is 272 g/mol. The second-order valence-electron chi connectivity index (χ2n) is 4.39. The van der Waals surface area contributed by atoms with Crippen LogP contribution in [0.3, 0.4) is 0 Å². The molecule has 1 aromatic heterocycles. The Hall–Kier alpha value is -2.63. The number of carbonyl (C=O) groups excluding carboxylic acids is 2. The van der Waals surface area contributed by atoms with Gasteiger partial charge in [-0.25, -0.2) is 4.98 Å². The standard InChI is InChI=1S/C14H16N4O2/c15-14(20)12-3-1-2-11(8-12)9-17-13(19)4-6-18-7-5-16-10-18/h1-3,5,7-8,10H,4,6,9H2,(H2,15,20)(H,17,19). The Morgan fingerprint density at radius 3 is 2.90 bits per heavy atom. The molecule has 0 aliphatic carbocycles. The molecule has 2 rings (SSSR count). The number of nitrogens with zero attached hydrogens (tertiary/aromatic N) is 2. The molecule has 0 saturated carbocycles. The van der Waals surface area contributed by atoms with Gasteiger partial charge in [-0.1, -0.05) is 12.1 Å². The van der Waals surface area contributed by atoms with Gasteiger partial charge in [0.05, 0.1) is 6.33 Å². The molecule has 0 aliphatic heterocycles. The molecule has 20 heavy (non-hydrogen) atoms. The van der Waals surface area contributed by atoms with E-state index in [1.165, 1.54) is 0 Å². The first-order valence-corrected chi connectivity index (χ1v) is 6.26. The summed E-state index contributed by atoms with van der Waals surface area (Å²) in [5.74, 6) is -0.526. The van der Waals surface area contributed by atoms with Crippen LogP contribution in [-0.4, -0.2) is 21.4 Å². The molecule has 3 N–H and O–H groups in total. The van der Waals surface area contributed by atoms with Crippen LogP contribution in [0.2, 0.25) is 0 Å². The van der Waals surface area contributed by atoms with E-state index in [1.54, 1.807) is 30.7 Å². The highest BCUT2D eigenvalue weighted by Gasteiger charge is 2.04. The Labute approximate surface area is 116 Å². The van der Waals surface area contributed by atoms with Gasteiger partial charge in [0.25, 0.3) is 0 Å². The molecule has 0 spiro atoms. The van der Waals surface area contributed by atoms with Crippen LogP contribution in [0.5, 0.6) is 0 Å². The third-order valence-corrected chi connectivity index (χ3v) is 2.86. The summed E-state index contributed by atoms with van der Waals surface area (Å²) in [6.45, 7) is 0.969. The number of primary amides is 1. The topological polar surface area (TPSA) is 90.0 Å². The number of rotatable bonds is 6. The van der Waals surface area contributed by atoms with Gasteiger partial charge in [-0.05, 0) is 17.7 Å². The van der Waals surface area contributed by atoms with E-state index in [9.17, 15) is 9.59 Å². The highest BCUT2D eigenvalue weighted by atomic mass is 16.1. The number of benzene rings is 1. The molecular weight excluding hydrogens is 256 g/mol. The van der Waals surface area contributed by atoms with Crippen molar-refractivity contribution in [3.8, 4) is 0 Å². The second-order valence-corrected chi connectivity index (χ2v) is 4.39.